The third-order valence-electron chi connectivity index (χ3n) is 6.16. The van der Waals surface area contributed by atoms with Gasteiger partial charge < -0.3 is 15.6 Å². The van der Waals surface area contributed by atoms with E-state index >= 15 is 0 Å². The number of hydrogen-bond acceptors (Lipinski definition) is 4. The fraction of sp³-hybridized carbons (Fsp3) is 0.522. The lowest BCUT2D eigenvalue weighted by Crippen LogP contribution is -2.52. The molecule has 0 aliphatic heterocycles. The van der Waals surface area contributed by atoms with E-state index in [1.54, 1.807) is 6.92 Å². The van der Waals surface area contributed by atoms with E-state index in [0.29, 0.717) is 5.82 Å². The van der Waals surface area contributed by atoms with Gasteiger partial charge >= 0.3 is 0 Å². The molecule has 2 heterocycles. The predicted molar refractivity (Wildman–Crippen MR) is 118 cm³/mol. The van der Waals surface area contributed by atoms with Crippen LogP contribution in [0.15, 0.2) is 24.3 Å². The second-order valence-corrected chi connectivity index (χ2v) is 8.45. The van der Waals surface area contributed by atoms with E-state index in [-0.39, 0.29) is 11.4 Å². The molecule has 6 heteroatoms. The van der Waals surface area contributed by atoms with Gasteiger partial charge in [0.15, 0.2) is 5.82 Å². The Morgan fingerprint density at radius 2 is 1.97 bits per heavy atom. The molecule has 0 radical (unpaired) electrons. The van der Waals surface area contributed by atoms with Gasteiger partial charge in [-0.15, -0.1) is 0 Å². The summed E-state index contributed by atoms with van der Waals surface area (Å²) in [6.45, 7) is 4.55. The summed E-state index contributed by atoms with van der Waals surface area (Å²) in [6.07, 6.45) is 8.58. The molecule has 1 aromatic carbocycles. The van der Waals surface area contributed by atoms with Crippen molar-refractivity contribution < 1.29 is 4.79 Å². The normalized spacial score (nSPS) is 16.3. The van der Waals surface area contributed by atoms with E-state index < -0.39 is 0 Å². The summed E-state index contributed by atoms with van der Waals surface area (Å²) < 4.78 is 2.33. The van der Waals surface area contributed by atoms with Crippen LogP contribution in [0.25, 0.3) is 21.9 Å². The smallest absolute Gasteiger partial charge is 0.217 e. The Morgan fingerprint density at radius 1 is 1.21 bits per heavy atom. The van der Waals surface area contributed by atoms with Crippen LogP contribution < -0.4 is 11.1 Å². The van der Waals surface area contributed by atoms with E-state index in [0.717, 1.165) is 79.3 Å². The van der Waals surface area contributed by atoms with Gasteiger partial charge in [-0.1, -0.05) is 50.8 Å². The number of anilines is 1. The highest BCUT2D eigenvalue weighted by Gasteiger charge is 2.35. The SMILES string of the molecule is CCCCc1nc2c(N)nc3ccccc3c2n1CC1(NC(C)=O)CCCCC1. The highest BCUT2D eigenvalue weighted by atomic mass is 16.1. The van der Waals surface area contributed by atoms with Crippen LogP contribution in [-0.2, 0) is 17.8 Å². The van der Waals surface area contributed by atoms with Crippen molar-refractivity contribution in [2.24, 2.45) is 0 Å². The molecular weight excluding hydrogens is 362 g/mol. The standard InChI is InChI=1S/C23H31N5O/c1-3-4-12-19-26-20-21(17-10-6-7-11-18(17)25-22(20)24)28(19)15-23(27-16(2)29)13-8-5-9-14-23/h6-7,10-11H,3-5,8-9,12-15H2,1-2H3,(H2,24,25)(H,27,29). The van der Waals surface area contributed by atoms with E-state index in [2.05, 4.69) is 27.9 Å². The van der Waals surface area contributed by atoms with Gasteiger partial charge in [0.2, 0.25) is 5.91 Å². The van der Waals surface area contributed by atoms with Crippen LogP contribution in [0.5, 0.6) is 0 Å². The quantitative estimate of drug-likeness (QED) is 0.652. The van der Waals surface area contributed by atoms with Crippen molar-refractivity contribution in [3.63, 3.8) is 0 Å². The Balaban J connectivity index is 1.91. The van der Waals surface area contributed by atoms with E-state index in [9.17, 15) is 4.79 Å². The Kier molecular flexibility index (Phi) is 5.43. The van der Waals surface area contributed by atoms with Crippen LogP contribution in [0.2, 0.25) is 0 Å². The van der Waals surface area contributed by atoms with Gasteiger partial charge in [0, 0.05) is 25.3 Å². The number of imidazole rings is 1. The van der Waals surface area contributed by atoms with Gasteiger partial charge in [0.05, 0.1) is 16.6 Å². The molecule has 1 aliphatic rings. The molecule has 0 saturated heterocycles. The van der Waals surface area contributed by atoms with Crippen molar-refractivity contribution in [1.29, 1.82) is 0 Å². The van der Waals surface area contributed by atoms with Crippen LogP contribution in [0, 0.1) is 0 Å². The number of carbonyl (C=O) groups excluding carboxylic acids is 1. The zero-order valence-electron chi connectivity index (χ0n) is 17.5. The number of aromatic nitrogens is 3. The number of pyridine rings is 1. The number of nitrogen functional groups attached to an aromatic ring is 1. The Bertz CT molecular complexity index is 1030. The lowest BCUT2D eigenvalue weighted by atomic mass is 9.81. The number of fused-ring (bicyclic) bond motifs is 3. The van der Waals surface area contributed by atoms with Crippen LogP contribution in [0.1, 0.15) is 64.6 Å². The Labute approximate surface area is 171 Å². The van der Waals surface area contributed by atoms with Crippen molar-refractivity contribution in [3.8, 4) is 0 Å². The zero-order chi connectivity index (χ0) is 20.4. The number of unbranched alkanes of at least 4 members (excludes halogenated alkanes) is 1. The highest BCUT2D eigenvalue weighted by molar-refractivity contribution is 6.06. The van der Waals surface area contributed by atoms with E-state index in [1.165, 1.54) is 6.42 Å². The first kappa shape index (κ1) is 19.7. The third-order valence-corrected chi connectivity index (χ3v) is 6.16. The van der Waals surface area contributed by atoms with Gasteiger partial charge in [-0.2, -0.15) is 0 Å². The van der Waals surface area contributed by atoms with Crippen molar-refractivity contribution in [3.05, 3.63) is 30.1 Å². The molecule has 4 rings (SSSR count). The Morgan fingerprint density at radius 3 is 2.69 bits per heavy atom. The number of rotatable bonds is 6. The fourth-order valence-electron chi connectivity index (χ4n) is 4.83. The summed E-state index contributed by atoms with van der Waals surface area (Å²) in [7, 11) is 0. The second kappa shape index (κ2) is 8.01. The average molecular weight is 394 g/mol. The monoisotopic (exact) mass is 393 g/mol. The number of carbonyl (C=O) groups is 1. The average Bonchev–Trinajstić information content (AvgIpc) is 3.05. The van der Waals surface area contributed by atoms with Crippen molar-refractivity contribution in [2.45, 2.75) is 77.3 Å². The number of hydrogen-bond donors (Lipinski definition) is 2. The maximum Gasteiger partial charge on any atom is 0.217 e. The number of nitrogens with zero attached hydrogens (tertiary/aromatic N) is 3. The summed E-state index contributed by atoms with van der Waals surface area (Å²) in [5.74, 6) is 1.56. The topological polar surface area (TPSA) is 85.8 Å². The number of nitrogens with one attached hydrogen (secondary N) is 1. The van der Waals surface area contributed by atoms with Crippen LogP contribution in [-0.4, -0.2) is 26.0 Å². The van der Waals surface area contributed by atoms with Gasteiger partial charge in [0.1, 0.15) is 11.3 Å². The molecule has 3 N–H and O–H groups in total. The van der Waals surface area contributed by atoms with E-state index in [4.69, 9.17) is 10.7 Å². The molecule has 1 fully saturated rings. The van der Waals surface area contributed by atoms with Gasteiger partial charge in [0.25, 0.3) is 0 Å². The molecule has 0 unspecified atom stereocenters. The molecule has 2 aromatic heterocycles. The first-order valence-electron chi connectivity index (χ1n) is 10.8. The first-order chi connectivity index (χ1) is 14.0. The minimum absolute atomic E-state index is 0.0393. The third kappa shape index (κ3) is 3.80. The Hall–Kier alpha value is -2.63. The van der Waals surface area contributed by atoms with Gasteiger partial charge in [-0.3, -0.25) is 4.79 Å². The van der Waals surface area contributed by atoms with Crippen molar-refractivity contribution >= 4 is 33.7 Å². The molecule has 154 valence electrons. The molecule has 0 spiro atoms. The molecule has 1 saturated carbocycles. The minimum Gasteiger partial charge on any atom is -0.382 e. The molecule has 0 atom stereocenters. The number of aryl methyl sites for hydroxylation is 1. The number of nitrogens with two attached hydrogens (primary N) is 1. The van der Waals surface area contributed by atoms with Crippen molar-refractivity contribution in [1.82, 2.24) is 19.9 Å². The fourth-order valence-corrected chi connectivity index (χ4v) is 4.83. The molecule has 6 nitrogen and oxygen atoms in total. The summed E-state index contributed by atoms with van der Waals surface area (Å²) >= 11 is 0. The van der Waals surface area contributed by atoms with Gasteiger partial charge in [-0.05, 0) is 25.3 Å². The minimum atomic E-state index is -0.224. The maximum absolute atomic E-state index is 12.1. The molecule has 29 heavy (non-hydrogen) atoms. The second-order valence-electron chi connectivity index (χ2n) is 8.45. The summed E-state index contributed by atoms with van der Waals surface area (Å²) in [5.41, 5.74) is 8.82. The van der Waals surface area contributed by atoms with Crippen molar-refractivity contribution in [2.75, 3.05) is 5.73 Å². The summed E-state index contributed by atoms with van der Waals surface area (Å²) in [6, 6.07) is 8.11. The largest absolute Gasteiger partial charge is 0.382 e. The number of amides is 1. The van der Waals surface area contributed by atoms with E-state index in [1.807, 2.05) is 18.2 Å². The molecule has 1 amide bonds. The van der Waals surface area contributed by atoms with Gasteiger partial charge in [-0.25, -0.2) is 9.97 Å². The summed E-state index contributed by atoms with van der Waals surface area (Å²) in [4.78, 5) is 21.6. The molecule has 0 bridgehead atoms. The van der Waals surface area contributed by atoms with Crippen LogP contribution >= 0.6 is 0 Å². The first-order valence-corrected chi connectivity index (χ1v) is 10.8. The van der Waals surface area contributed by atoms with Crippen LogP contribution in [0.4, 0.5) is 5.82 Å². The van der Waals surface area contributed by atoms with Crippen LogP contribution in [0.3, 0.4) is 0 Å². The lowest BCUT2D eigenvalue weighted by Gasteiger charge is -2.38. The number of para-hydroxylation sites is 1. The predicted octanol–water partition coefficient (Wildman–Crippen LogP) is 4.35. The summed E-state index contributed by atoms with van der Waals surface area (Å²) in [5, 5.41) is 4.38. The molecule has 3 aromatic rings. The zero-order valence-corrected chi connectivity index (χ0v) is 17.5. The molecular formula is C23H31N5O. The highest BCUT2D eigenvalue weighted by Crippen LogP contribution is 2.34. The lowest BCUT2D eigenvalue weighted by molar-refractivity contribution is -0.121. The number of benzene rings is 1. The molecule has 1 aliphatic carbocycles. The maximum atomic E-state index is 12.1.